The number of hydrogen-bond acceptors (Lipinski definition) is 7. The molecule has 1 aromatic carbocycles. The van der Waals surface area contributed by atoms with Crippen LogP contribution in [0, 0.1) is 6.92 Å². The number of hydrogen-bond donors (Lipinski definition) is 1. The van der Waals surface area contributed by atoms with Gasteiger partial charge in [0.2, 0.25) is 0 Å². The van der Waals surface area contributed by atoms with E-state index in [2.05, 4.69) is 55.1 Å². The number of thiophene rings is 1. The molecule has 8 nitrogen and oxygen atoms in total. The molecule has 1 atom stereocenters. The fourth-order valence-corrected chi connectivity index (χ4v) is 6.17. The number of tetrazole rings is 1. The van der Waals surface area contributed by atoms with E-state index in [0.29, 0.717) is 24.5 Å². The zero-order valence-electron chi connectivity index (χ0n) is 20.8. The molecule has 1 N–H and O–H groups in total. The third-order valence-corrected chi connectivity index (χ3v) is 8.11. The number of rotatable bonds is 8. The summed E-state index contributed by atoms with van der Waals surface area (Å²) in [6, 6.07) is 15.9. The number of benzene rings is 1. The first kappa shape index (κ1) is 23.8. The van der Waals surface area contributed by atoms with Crippen molar-refractivity contribution in [1.29, 1.82) is 0 Å². The Bertz CT molecular complexity index is 1480. The fraction of sp³-hybridized carbons (Fsp3) is 0.357. The van der Waals surface area contributed by atoms with Gasteiger partial charge in [-0.05, 0) is 76.9 Å². The van der Waals surface area contributed by atoms with Gasteiger partial charge in [0, 0.05) is 22.5 Å². The number of pyridine rings is 1. The molecule has 4 aromatic heterocycles. The number of aromatic amines is 1. The van der Waals surface area contributed by atoms with Crippen LogP contribution in [0.5, 0.6) is 0 Å². The number of nitrogens with one attached hydrogen (secondary N) is 1. The highest BCUT2D eigenvalue weighted by atomic mass is 32.1. The van der Waals surface area contributed by atoms with Crippen molar-refractivity contribution in [2.24, 2.45) is 0 Å². The summed E-state index contributed by atoms with van der Waals surface area (Å²) in [6.45, 7) is 3.17. The van der Waals surface area contributed by atoms with Gasteiger partial charge >= 0.3 is 0 Å². The molecule has 0 bridgehead atoms. The first-order valence-corrected chi connectivity index (χ1v) is 13.7. The van der Waals surface area contributed by atoms with E-state index >= 15 is 0 Å². The Morgan fingerprint density at radius 1 is 1.14 bits per heavy atom. The van der Waals surface area contributed by atoms with Crippen LogP contribution in [-0.2, 0) is 13.1 Å². The number of fused-ring (bicyclic) bond motifs is 1. The maximum atomic E-state index is 13.7. The molecule has 0 radical (unpaired) electrons. The summed E-state index contributed by atoms with van der Waals surface area (Å²) in [5, 5.41) is 16.2. The largest absolute Gasteiger partial charge is 0.468 e. The Morgan fingerprint density at radius 3 is 2.81 bits per heavy atom. The smallest absolute Gasteiger partial charge is 0.253 e. The molecular formula is C28H30N6O2S. The van der Waals surface area contributed by atoms with Crippen molar-refractivity contribution in [1.82, 2.24) is 30.1 Å². The summed E-state index contributed by atoms with van der Waals surface area (Å²) < 4.78 is 7.74. The Labute approximate surface area is 218 Å². The summed E-state index contributed by atoms with van der Waals surface area (Å²) >= 11 is 1.70. The van der Waals surface area contributed by atoms with E-state index in [0.717, 1.165) is 47.9 Å². The van der Waals surface area contributed by atoms with E-state index in [-0.39, 0.29) is 11.6 Å². The molecule has 0 saturated heterocycles. The average Bonchev–Trinajstić information content (AvgIpc) is 3.69. The molecule has 0 spiro atoms. The second-order valence-electron chi connectivity index (χ2n) is 9.88. The third kappa shape index (κ3) is 5.01. The van der Waals surface area contributed by atoms with Crippen LogP contribution in [0.25, 0.3) is 10.9 Å². The van der Waals surface area contributed by atoms with Gasteiger partial charge in [-0.3, -0.25) is 9.69 Å². The van der Waals surface area contributed by atoms with Crippen LogP contribution < -0.4 is 5.56 Å². The molecule has 6 rings (SSSR count). The van der Waals surface area contributed by atoms with Crippen LogP contribution in [-0.4, -0.2) is 30.1 Å². The van der Waals surface area contributed by atoms with Gasteiger partial charge in [-0.1, -0.05) is 37.5 Å². The van der Waals surface area contributed by atoms with Gasteiger partial charge in [0.1, 0.15) is 11.8 Å². The monoisotopic (exact) mass is 514 g/mol. The maximum Gasteiger partial charge on any atom is 0.253 e. The van der Waals surface area contributed by atoms with E-state index in [9.17, 15) is 4.79 Å². The lowest BCUT2D eigenvalue weighted by atomic mass is 9.95. The summed E-state index contributed by atoms with van der Waals surface area (Å²) in [5.74, 6) is 1.53. The van der Waals surface area contributed by atoms with Crippen LogP contribution in [0.1, 0.15) is 71.8 Å². The van der Waals surface area contributed by atoms with E-state index in [1.807, 2.05) is 35.9 Å². The molecule has 0 amide bonds. The Kier molecular flexibility index (Phi) is 6.72. The minimum atomic E-state index is -0.460. The standard InChI is InChI=1S/C28H30N6O2S/c1-19-11-12-20-16-24(28(35)29-25(20)15-19)26(27-30-31-32-34(27)21-7-3-2-4-8-21)33(17-22-9-5-13-36-22)18-23-10-6-14-37-23/h5-6,9-16,21,26H,2-4,7-8,17-18H2,1H3,(H,29,35). The Hall–Kier alpha value is -3.56. The van der Waals surface area contributed by atoms with Crippen LogP contribution in [0.3, 0.4) is 0 Å². The molecule has 37 heavy (non-hydrogen) atoms. The van der Waals surface area contributed by atoms with Gasteiger partial charge in [-0.2, -0.15) is 0 Å². The molecule has 190 valence electrons. The lowest BCUT2D eigenvalue weighted by Gasteiger charge is -2.31. The number of aromatic nitrogens is 5. The van der Waals surface area contributed by atoms with Crippen LogP contribution in [0.2, 0.25) is 0 Å². The van der Waals surface area contributed by atoms with Crippen molar-refractivity contribution in [3.63, 3.8) is 0 Å². The van der Waals surface area contributed by atoms with Crippen LogP contribution >= 0.6 is 11.3 Å². The highest BCUT2D eigenvalue weighted by molar-refractivity contribution is 7.09. The SMILES string of the molecule is Cc1ccc2cc(C(c3nnnn3C3CCCCC3)N(Cc3ccco3)Cc3cccs3)c(=O)[nH]c2c1. The van der Waals surface area contributed by atoms with E-state index in [4.69, 9.17) is 4.42 Å². The number of nitrogens with zero attached hydrogens (tertiary/aromatic N) is 5. The number of aryl methyl sites for hydroxylation is 1. The molecule has 1 aliphatic carbocycles. The molecule has 9 heteroatoms. The van der Waals surface area contributed by atoms with E-state index in [1.165, 1.54) is 11.3 Å². The molecule has 0 aliphatic heterocycles. The van der Waals surface area contributed by atoms with Crippen molar-refractivity contribution in [2.75, 3.05) is 0 Å². The zero-order chi connectivity index (χ0) is 25.2. The summed E-state index contributed by atoms with van der Waals surface area (Å²) in [7, 11) is 0. The lowest BCUT2D eigenvalue weighted by molar-refractivity contribution is 0.175. The van der Waals surface area contributed by atoms with Gasteiger partial charge in [0.25, 0.3) is 5.56 Å². The van der Waals surface area contributed by atoms with Gasteiger partial charge in [0.05, 0.1) is 18.8 Å². The fourth-order valence-electron chi connectivity index (χ4n) is 5.44. The third-order valence-electron chi connectivity index (χ3n) is 7.25. The van der Waals surface area contributed by atoms with Gasteiger partial charge in [0.15, 0.2) is 5.82 Å². The van der Waals surface area contributed by atoms with Crippen molar-refractivity contribution in [3.05, 3.63) is 98.1 Å². The van der Waals surface area contributed by atoms with Crippen molar-refractivity contribution >= 4 is 22.2 Å². The van der Waals surface area contributed by atoms with Crippen LogP contribution in [0.15, 0.2) is 69.4 Å². The normalized spacial score (nSPS) is 15.5. The van der Waals surface area contributed by atoms with Crippen molar-refractivity contribution in [3.8, 4) is 0 Å². The van der Waals surface area contributed by atoms with Gasteiger partial charge < -0.3 is 9.40 Å². The average molecular weight is 515 g/mol. The highest BCUT2D eigenvalue weighted by Gasteiger charge is 2.33. The van der Waals surface area contributed by atoms with Crippen LogP contribution in [0.4, 0.5) is 0 Å². The second-order valence-corrected chi connectivity index (χ2v) is 10.9. The molecule has 1 saturated carbocycles. The maximum absolute atomic E-state index is 13.7. The molecule has 1 fully saturated rings. The Balaban J connectivity index is 1.52. The quantitative estimate of drug-likeness (QED) is 0.282. The highest BCUT2D eigenvalue weighted by Crippen LogP contribution is 2.35. The van der Waals surface area contributed by atoms with E-state index in [1.54, 1.807) is 17.6 Å². The number of furan rings is 1. The first-order chi connectivity index (χ1) is 18.2. The second kappa shape index (κ2) is 10.4. The minimum absolute atomic E-state index is 0.128. The predicted octanol–water partition coefficient (Wildman–Crippen LogP) is 5.77. The molecular weight excluding hydrogens is 484 g/mol. The van der Waals surface area contributed by atoms with Gasteiger partial charge in [-0.15, -0.1) is 16.4 Å². The molecule has 1 aliphatic rings. The zero-order valence-corrected chi connectivity index (χ0v) is 21.7. The molecule has 1 unspecified atom stereocenters. The van der Waals surface area contributed by atoms with Crippen molar-refractivity contribution < 1.29 is 4.42 Å². The van der Waals surface area contributed by atoms with Gasteiger partial charge in [-0.25, -0.2) is 4.68 Å². The van der Waals surface area contributed by atoms with E-state index < -0.39 is 6.04 Å². The summed E-state index contributed by atoms with van der Waals surface area (Å²) in [6.07, 6.45) is 7.34. The Morgan fingerprint density at radius 2 is 2.03 bits per heavy atom. The number of H-pyrrole nitrogens is 1. The first-order valence-electron chi connectivity index (χ1n) is 12.9. The predicted molar refractivity (Wildman–Crippen MR) is 143 cm³/mol. The molecule has 4 heterocycles. The molecule has 5 aromatic rings. The minimum Gasteiger partial charge on any atom is -0.468 e. The topological polar surface area (TPSA) is 92.8 Å². The van der Waals surface area contributed by atoms with Crippen molar-refractivity contribution in [2.45, 2.75) is 64.2 Å². The summed E-state index contributed by atoms with van der Waals surface area (Å²) in [5.41, 5.74) is 2.43. The summed E-state index contributed by atoms with van der Waals surface area (Å²) in [4.78, 5) is 20.3. The lowest BCUT2D eigenvalue weighted by Crippen LogP contribution is -2.35.